The Balaban J connectivity index is 2.17. The van der Waals surface area contributed by atoms with Crippen LogP contribution in [0.5, 0.6) is 5.75 Å². The molecule has 2 aromatic carbocycles. The first-order valence-electron chi connectivity index (χ1n) is 5.66. The van der Waals surface area contributed by atoms with Crippen molar-refractivity contribution in [1.29, 1.82) is 0 Å². The minimum Gasteiger partial charge on any atom is -0.489 e. The van der Waals surface area contributed by atoms with E-state index in [4.69, 9.17) is 33.7 Å². The van der Waals surface area contributed by atoms with E-state index in [9.17, 15) is 4.39 Å². The Labute approximate surface area is 120 Å². The Hall–Kier alpha value is -1.29. The highest BCUT2D eigenvalue weighted by molar-refractivity contribution is 6.42. The van der Waals surface area contributed by atoms with E-state index in [0.717, 1.165) is 5.56 Å². The molecule has 0 amide bonds. The maximum absolute atomic E-state index is 13.1. The number of ether oxygens (including phenoxy) is 1. The molecule has 0 bridgehead atoms. The van der Waals surface area contributed by atoms with Gasteiger partial charge in [0.15, 0.2) is 0 Å². The van der Waals surface area contributed by atoms with Crippen LogP contribution in [0.3, 0.4) is 0 Å². The fraction of sp³-hybridized carbons (Fsp3) is 0.143. The fourth-order valence-electron chi connectivity index (χ4n) is 1.66. The number of hydrogen-bond donors (Lipinski definition) is 1. The van der Waals surface area contributed by atoms with Gasteiger partial charge in [-0.15, -0.1) is 0 Å². The number of benzene rings is 2. The maximum atomic E-state index is 13.1. The first-order valence-corrected chi connectivity index (χ1v) is 6.41. The minimum atomic E-state index is -0.339. The largest absolute Gasteiger partial charge is 0.489 e. The first kappa shape index (κ1) is 14.1. The maximum Gasteiger partial charge on any atom is 0.124 e. The molecule has 0 aromatic heterocycles. The van der Waals surface area contributed by atoms with Gasteiger partial charge in [-0.2, -0.15) is 0 Å². The van der Waals surface area contributed by atoms with Crippen LogP contribution in [0.25, 0.3) is 0 Å². The van der Waals surface area contributed by atoms with E-state index in [-0.39, 0.29) is 19.0 Å². The molecule has 0 aliphatic rings. The summed E-state index contributed by atoms with van der Waals surface area (Å²) in [6.07, 6.45) is 0. The van der Waals surface area contributed by atoms with E-state index in [1.165, 1.54) is 12.1 Å². The predicted molar refractivity (Wildman–Crippen MR) is 75.1 cm³/mol. The lowest BCUT2D eigenvalue weighted by Gasteiger charge is -2.11. The molecule has 19 heavy (non-hydrogen) atoms. The smallest absolute Gasteiger partial charge is 0.124 e. The van der Waals surface area contributed by atoms with Gasteiger partial charge >= 0.3 is 0 Å². The zero-order valence-electron chi connectivity index (χ0n) is 10.00. The summed E-state index contributed by atoms with van der Waals surface area (Å²) in [5.74, 6) is 0.202. The highest BCUT2D eigenvalue weighted by Gasteiger charge is 2.08. The van der Waals surface area contributed by atoms with Gasteiger partial charge in [-0.05, 0) is 24.3 Å². The normalized spacial score (nSPS) is 10.5. The van der Waals surface area contributed by atoms with Crippen LogP contribution in [0.4, 0.5) is 4.39 Å². The summed E-state index contributed by atoms with van der Waals surface area (Å²) in [6, 6.07) is 9.55. The van der Waals surface area contributed by atoms with E-state index in [1.54, 1.807) is 18.2 Å². The van der Waals surface area contributed by atoms with E-state index < -0.39 is 0 Å². The van der Waals surface area contributed by atoms with Crippen LogP contribution in [0, 0.1) is 5.82 Å². The van der Waals surface area contributed by atoms with Crippen LogP contribution >= 0.6 is 23.2 Å². The van der Waals surface area contributed by atoms with E-state index in [0.29, 0.717) is 21.4 Å². The zero-order valence-corrected chi connectivity index (χ0v) is 11.5. The molecule has 100 valence electrons. The molecule has 0 saturated heterocycles. The molecule has 2 nitrogen and oxygen atoms in total. The summed E-state index contributed by atoms with van der Waals surface area (Å²) in [6.45, 7) is 0.453. The van der Waals surface area contributed by atoms with Crippen molar-refractivity contribution in [3.8, 4) is 5.75 Å². The summed E-state index contributed by atoms with van der Waals surface area (Å²) in [4.78, 5) is 0. The molecule has 0 saturated carbocycles. The third-order valence-corrected chi connectivity index (χ3v) is 3.52. The Morgan fingerprint density at radius 3 is 2.63 bits per heavy atom. The predicted octanol–water partition coefficient (Wildman–Crippen LogP) is 4.17. The van der Waals surface area contributed by atoms with Crippen LogP contribution < -0.4 is 10.5 Å². The Morgan fingerprint density at radius 2 is 1.89 bits per heavy atom. The molecule has 2 aromatic rings. The Morgan fingerprint density at radius 1 is 1.11 bits per heavy atom. The topological polar surface area (TPSA) is 35.2 Å². The lowest BCUT2D eigenvalue weighted by atomic mass is 10.2. The van der Waals surface area contributed by atoms with Gasteiger partial charge < -0.3 is 10.5 Å². The Bertz CT molecular complexity index is 590. The summed E-state index contributed by atoms with van der Waals surface area (Å²) in [5.41, 5.74) is 6.92. The summed E-state index contributed by atoms with van der Waals surface area (Å²) in [7, 11) is 0. The van der Waals surface area contributed by atoms with E-state index in [1.807, 2.05) is 6.07 Å². The van der Waals surface area contributed by atoms with Crippen molar-refractivity contribution < 1.29 is 9.13 Å². The van der Waals surface area contributed by atoms with E-state index >= 15 is 0 Å². The van der Waals surface area contributed by atoms with Crippen molar-refractivity contribution in [2.45, 2.75) is 13.2 Å². The lowest BCUT2D eigenvalue weighted by Crippen LogP contribution is -2.03. The van der Waals surface area contributed by atoms with Crippen molar-refractivity contribution in [1.82, 2.24) is 0 Å². The van der Waals surface area contributed by atoms with Gasteiger partial charge in [0.25, 0.3) is 0 Å². The average molecular weight is 300 g/mol. The van der Waals surface area contributed by atoms with Crippen molar-refractivity contribution >= 4 is 23.2 Å². The quantitative estimate of drug-likeness (QED) is 0.919. The summed E-state index contributed by atoms with van der Waals surface area (Å²) < 4.78 is 18.7. The molecule has 0 unspecified atom stereocenters. The highest BCUT2D eigenvalue weighted by Crippen LogP contribution is 2.27. The molecule has 0 heterocycles. The van der Waals surface area contributed by atoms with Crippen molar-refractivity contribution in [2.75, 3.05) is 0 Å². The SMILES string of the molecule is NCc1cc(F)ccc1OCc1cccc(Cl)c1Cl. The second kappa shape index (κ2) is 6.24. The van der Waals surface area contributed by atoms with Gasteiger partial charge in [0.05, 0.1) is 10.0 Å². The number of rotatable bonds is 4. The summed E-state index contributed by atoms with van der Waals surface area (Å²) >= 11 is 12.0. The van der Waals surface area contributed by atoms with Crippen LogP contribution in [-0.4, -0.2) is 0 Å². The van der Waals surface area contributed by atoms with Crippen LogP contribution in [0.2, 0.25) is 10.0 Å². The van der Waals surface area contributed by atoms with Gasteiger partial charge in [0, 0.05) is 17.7 Å². The molecule has 2 rings (SSSR count). The monoisotopic (exact) mass is 299 g/mol. The average Bonchev–Trinajstić information content (AvgIpc) is 2.41. The number of hydrogen-bond acceptors (Lipinski definition) is 2. The molecule has 0 atom stereocenters. The molecule has 2 N–H and O–H groups in total. The number of nitrogens with two attached hydrogens (primary N) is 1. The van der Waals surface area contributed by atoms with Crippen LogP contribution in [0.1, 0.15) is 11.1 Å². The standard InChI is InChI=1S/C14H12Cl2FNO/c15-12-3-1-2-9(14(12)16)8-19-13-5-4-11(17)6-10(13)7-18/h1-6H,7-8,18H2. The molecule has 5 heteroatoms. The molecule has 0 aliphatic heterocycles. The third kappa shape index (κ3) is 3.38. The molecule has 0 spiro atoms. The van der Waals surface area contributed by atoms with Crippen molar-refractivity contribution in [3.63, 3.8) is 0 Å². The van der Waals surface area contributed by atoms with Crippen LogP contribution in [0.15, 0.2) is 36.4 Å². The molecular formula is C14H12Cl2FNO. The van der Waals surface area contributed by atoms with Gasteiger partial charge in [-0.25, -0.2) is 4.39 Å². The van der Waals surface area contributed by atoms with Crippen molar-refractivity contribution in [2.24, 2.45) is 5.73 Å². The number of halogens is 3. The van der Waals surface area contributed by atoms with Crippen LogP contribution in [-0.2, 0) is 13.2 Å². The zero-order chi connectivity index (χ0) is 13.8. The van der Waals surface area contributed by atoms with E-state index in [2.05, 4.69) is 0 Å². The summed E-state index contributed by atoms with van der Waals surface area (Å²) in [5, 5.41) is 0.932. The van der Waals surface area contributed by atoms with Gasteiger partial charge in [-0.3, -0.25) is 0 Å². The Kier molecular flexibility index (Phi) is 4.64. The van der Waals surface area contributed by atoms with Crippen molar-refractivity contribution in [3.05, 3.63) is 63.4 Å². The second-order valence-electron chi connectivity index (χ2n) is 3.96. The second-order valence-corrected chi connectivity index (χ2v) is 4.74. The minimum absolute atomic E-state index is 0.205. The third-order valence-electron chi connectivity index (χ3n) is 2.66. The fourth-order valence-corrected chi connectivity index (χ4v) is 2.04. The highest BCUT2D eigenvalue weighted by atomic mass is 35.5. The molecule has 0 radical (unpaired) electrons. The van der Waals surface area contributed by atoms with Gasteiger partial charge in [0.2, 0.25) is 0 Å². The first-order chi connectivity index (χ1) is 9.11. The van der Waals surface area contributed by atoms with Gasteiger partial charge in [-0.1, -0.05) is 35.3 Å². The molecule has 0 aliphatic carbocycles. The lowest BCUT2D eigenvalue weighted by molar-refractivity contribution is 0.302. The molecular weight excluding hydrogens is 288 g/mol. The molecule has 0 fully saturated rings. The van der Waals surface area contributed by atoms with Gasteiger partial charge in [0.1, 0.15) is 18.2 Å².